The van der Waals surface area contributed by atoms with Gasteiger partial charge in [0, 0.05) is 36.4 Å². The second-order valence-electron chi connectivity index (χ2n) is 10.8. The van der Waals surface area contributed by atoms with Crippen LogP contribution in [0.2, 0.25) is 0 Å². The molecule has 0 saturated heterocycles. The molecule has 2 saturated carbocycles. The molecule has 0 bridgehead atoms. The van der Waals surface area contributed by atoms with Crippen LogP contribution in [0.25, 0.3) is 0 Å². The predicted molar refractivity (Wildman–Crippen MR) is 143 cm³/mol. The Morgan fingerprint density at radius 1 is 0.974 bits per heavy atom. The maximum Gasteiger partial charge on any atom is 0.306 e. The van der Waals surface area contributed by atoms with Gasteiger partial charge in [-0.25, -0.2) is 0 Å². The molecule has 1 atom stereocenters. The third-order valence-corrected chi connectivity index (χ3v) is 8.11. The average Bonchev–Trinajstić information content (AvgIpc) is 3.46. The highest BCUT2D eigenvalue weighted by Crippen LogP contribution is 2.35. The number of carbonyl (C=O) groups excluding carboxylic acids is 2. The second kappa shape index (κ2) is 13.6. The lowest BCUT2D eigenvalue weighted by Crippen LogP contribution is -2.38. The summed E-state index contributed by atoms with van der Waals surface area (Å²) in [5, 5.41) is 19.1. The molecule has 0 aliphatic heterocycles. The van der Waals surface area contributed by atoms with Crippen LogP contribution in [0.15, 0.2) is 28.8 Å². The molecule has 1 aromatic carbocycles. The van der Waals surface area contributed by atoms with Crippen LogP contribution >= 0.6 is 0 Å². The number of carboxylic acids is 1. The molecule has 2 aliphatic carbocycles. The summed E-state index contributed by atoms with van der Waals surface area (Å²) in [5.41, 5.74) is 0.513. The number of aromatic nitrogens is 2. The lowest BCUT2D eigenvalue weighted by molar-refractivity contribution is -0.143. The molecule has 1 unspecified atom stereocenters. The molecule has 1 aromatic heterocycles. The molecule has 0 radical (unpaired) electrons. The number of hydrogen-bond acceptors (Lipinski definition) is 7. The zero-order chi connectivity index (χ0) is 27.8. The van der Waals surface area contributed by atoms with Crippen LogP contribution in [-0.2, 0) is 9.59 Å². The number of benzene rings is 1. The van der Waals surface area contributed by atoms with E-state index in [1.807, 2.05) is 0 Å². The van der Waals surface area contributed by atoms with E-state index in [2.05, 4.69) is 34.6 Å². The van der Waals surface area contributed by atoms with Gasteiger partial charge < -0.3 is 25.0 Å². The minimum absolute atomic E-state index is 0.000362. The van der Waals surface area contributed by atoms with E-state index < -0.39 is 5.97 Å². The van der Waals surface area contributed by atoms with Crippen molar-refractivity contribution in [2.45, 2.75) is 89.6 Å². The first-order valence-electron chi connectivity index (χ1n) is 14.2. The van der Waals surface area contributed by atoms with E-state index in [-0.39, 0.29) is 41.6 Å². The molecule has 1 heterocycles. The molecule has 10 nitrogen and oxygen atoms in total. The van der Waals surface area contributed by atoms with Crippen molar-refractivity contribution in [3.05, 3.63) is 41.5 Å². The van der Waals surface area contributed by atoms with Gasteiger partial charge in [0.15, 0.2) is 5.82 Å². The highest BCUT2D eigenvalue weighted by Gasteiger charge is 2.30. The molecule has 0 spiro atoms. The third kappa shape index (κ3) is 7.80. The van der Waals surface area contributed by atoms with Gasteiger partial charge in [-0.2, -0.15) is 4.98 Å². The van der Waals surface area contributed by atoms with Crippen LogP contribution in [0, 0.1) is 11.8 Å². The molecule has 39 heavy (non-hydrogen) atoms. The van der Waals surface area contributed by atoms with Crippen LogP contribution in [0.4, 0.5) is 0 Å². The van der Waals surface area contributed by atoms with Crippen molar-refractivity contribution in [1.82, 2.24) is 20.8 Å². The topological polar surface area (TPSA) is 144 Å². The molecule has 10 heteroatoms. The van der Waals surface area contributed by atoms with Crippen molar-refractivity contribution >= 4 is 17.8 Å². The monoisotopic (exact) mass is 540 g/mol. The van der Waals surface area contributed by atoms with Gasteiger partial charge in [-0.15, -0.1) is 0 Å². The Morgan fingerprint density at radius 3 is 2.26 bits per heavy atom. The fraction of sp³-hybridized carbons (Fsp3) is 0.621. The van der Waals surface area contributed by atoms with Gasteiger partial charge >= 0.3 is 5.97 Å². The fourth-order valence-electron chi connectivity index (χ4n) is 5.31. The highest BCUT2D eigenvalue weighted by atomic mass is 16.5. The highest BCUT2D eigenvalue weighted by molar-refractivity contribution is 5.94. The van der Waals surface area contributed by atoms with Gasteiger partial charge in [-0.3, -0.25) is 14.4 Å². The first-order valence-corrected chi connectivity index (χ1v) is 14.2. The molecule has 212 valence electrons. The quantitative estimate of drug-likeness (QED) is 0.355. The number of rotatable bonds is 11. The lowest BCUT2D eigenvalue weighted by Gasteiger charge is -2.26. The summed E-state index contributed by atoms with van der Waals surface area (Å²) < 4.78 is 11.4. The SMILES string of the molecule is CCC(C)c1nc(C2CCC(C(=O)NCCNC(=O)c3ccc(OC4CCC(C(=O)O)CC4)cc3)CC2)no1. The molecular formula is C29H40N4O6. The minimum Gasteiger partial charge on any atom is -0.490 e. The predicted octanol–water partition coefficient (Wildman–Crippen LogP) is 4.43. The fourth-order valence-corrected chi connectivity index (χ4v) is 5.31. The Hall–Kier alpha value is -3.43. The van der Waals surface area contributed by atoms with Crippen molar-refractivity contribution < 1.29 is 28.8 Å². The summed E-state index contributed by atoms with van der Waals surface area (Å²) in [6.45, 7) is 4.88. The smallest absolute Gasteiger partial charge is 0.306 e. The molecule has 2 aliphatic rings. The Labute approximate surface area is 229 Å². The zero-order valence-corrected chi connectivity index (χ0v) is 22.9. The minimum atomic E-state index is -0.733. The molecule has 3 N–H and O–H groups in total. The van der Waals surface area contributed by atoms with Crippen molar-refractivity contribution in [1.29, 1.82) is 0 Å². The van der Waals surface area contributed by atoms with Crippen LogP contribution in [-0.4, -0.2) is 52.2 Å². The number of carbonyl (C=O) groups is 3. The van der Waals surface area contributed by atoms with Crippen LogP contribution in [0.5, 0.6) is 5.75 Å². The normalized spacial score (nSPS) is 23.9. The van der Waals surface area contributed by atoms with Gasteiger partial charge in [-0.1, -0.05) is 19.0 Å². The summed E-state index contributed by atoms with van der Waals surface area (Å²) in [6, 6.07) is 6.94. The van der Waals surface area contributed by atoms with E-state index >= 15 is 0 Å². The summed E-state index contributed by atoms with van der Waals surface area (Å²) in [7, 11) is 0. The number of amides is 2. The number of nitrogens with one attached hydrogen (secondary N) is 2. The Kier molecular flexibility index (Phi) is 9.95. The number of carboxylic acid groups (broad SMARTS) is 1. The number of ether oxygens (including phenoxy) is 1. The molecule has 4 rings (SSSR count). The van der Waals surface area contributed by atoms with E-state index in [0.29, 0.717) is 56.0 Å². The van der Waals surface area contributed by atoms with Gasteiger partial charge in [-0.05, 0) is 82.1 Å². The summed E-state index contributed by atoms with van der Waals surface area (Å²) in [4.78, 5) is 40.8. The standard InChI is InChI=1S/C29H40N4O6/c1-3-18(2)28-32-25(33-39-28)19-4-6-20(7-5-19)26(34)30-16-17-31-27(35)21-8-12-23(13-9-21)38-24-14-10-22(11-15-24)29(36)37/h8-9,12-13,18-20,22,24H,3-7,10-11,14-17H2,1-2H3,(H,30,34)(H,31,35)(H,36,37). The molecule has 2 amide bonds. The average molecular weight is 541 g/mol. The Morgan fingerprint density at radius 2 is 1.62 bits per heavy atom. The lowest BCUT2D eigenvalue weighted by atomic mass is 9.81. The van der Waals surface area contributed by atoms with Crippen molar-refractivity contribution in [2.24, 2.45) is 11.8 Å². The van der Waals surface area contributed by atoms with Gasteiger partial charge in [0.2, 0.25) is 11.8 Å². The van der Waals surface area contributed by atoms with Crippen LogP contribution in [0.3, 0.4) is 0 Å². The van der Waals surface area contributed by atoms with E-state index in [4.69, 9.17) is 14.4 Å². The van der Waals surface area contributed by atoms with E-state index in [1.165, 1.54) is 0 Å². The number of aliphatic carboxylic acids is 1. The summed E-state index contributed by atoms with van der Waals surface area (Å²) in [5.74, 6) is 1.37. The second-order valence-corrected chi connectivity index (χ2v) is 10.8. The Balaban J connectivity index is 1.12. The van der Waals surface area contributed by atoms with E-state index in [0.717, 1.165) is 37.9 Å². The first-order chi connectivity index (χ1) is 18.8. The van der Waals surface area contributed by atoms with E-state index in [9.17, 15) is 14.4 Å². The van der Waals surface area contributed by atoms with E-state index in [1.54, 1.807) is 24.3 Å². The largest absolute Gasteiger partial charge is 0.490 e. The Bertz CT molecular complexity index is 1100. The number of hydrogen-bond donors (Lipinski definition) is 3. The molecule has 2 aromatic rings. The maximum atomic E-state index is 12.6. The van der Waals surface area contributed by atoms with Gasteiger partial charge in [0.1, 0.15) is 5.75 Å². The van der Waals surface area contributed by atoms with Crippen molar-refractivity contribution in [3.63, 3.8) is 0 Å². The van der Waals surface area contributed by atoms with Crippen molar-refractivity contribution in [2.75, 3.05) is 13.1 Å². The maximum absolute atomic E-state index is 12.6. The van der Waals surface area contributed by atoms with Gasteiger partial charge in [0.25, 0.3) is 5.91 Å². The van der Waals surface area contributed by atoms with Crippen LogP contribution < -0.4 is 15.4 Å². The summed E-state index contributed by atoms with van der Waals surface area (Å²) in [6.07, 6.45) is 6.91. The van der Waals surface area contributed by atoms with Crippen molar-refractivity contribution in [3.8, 4) is 5.75 Å². The third-order valence-electron chi connectivity index (χ3n) is 8.11. The first kappa shape index (κ1) is 28.6. The summed E-state index contributed by atoms with van der Waals surface area (Å²) >= 11 is 0. The molecule has 2 fully saturated rings. The van der Waals surface area contributed by atoms with Crippen LogP contribution in [0.1, 0.15) is 106 Å². The van der Waals surface area contributed by atoms with Gasteiger partial charge in [0.05, 0.1) is 12.0 Å². The zero-order valence-electron chi connectivity index (χ0n) is 22.9. The number of nitrogens with zero attached hydrogens (tertiary/aromatic N) is 2. The molecular weight excluding hydrogens is 500 g/mol.